The van der Waals surface area contributed by atoms with Crippen LogP contribution in [-0.4, -0.2) is 12.4 Å². The first-order valence-electron chi connectivity index (χ1n) is 4.86. The molecule has 0 fully saturated rings. The number of fused-ring (bicyclic) bond motifs is 1. The van der Waals surface area contributed by atoms with E-state index in [2.05, 4.69) is 6.07 Å². The van der Waals surface area contributed by atoms with Gasteiger partial charge in [0.05, 0.1) is 0 Å². The van der Waals surface area contributed by atoms with Crippen molar-refractivity contribution in [2.45, 2.75) is 26.7 Å². The molecule has 0 N–H and O–H groups in total. The van der Waals surface area contributed by atoms with Crippen molar-refractivity contribution in [2.24, 2.45) is 0 Å². The van der Waals surface area contributed by atoms with E-state index in [1.807, 2.05) is 26.8 Å². The van der Waals surface area contributed by atoms with Crippen molar-refractivity contribution >= 4 is 5.78 Å². The molecule has 0 aromatic heterocycles. The molecular weight excluding hydrogens is 176 g/mol. The Labute approximate surface area is 83.9 Å². The summed E-state index contributed by atoms with van der Waals surface area (Å²) in [7, 11) is 0. The third-order valence-electron chi connectivity index (χ3n) is 2.78. The Morgan fingerprint density at radius 2 is 2.07 bits per heavy atom. The number of ketones is 1. The second kappa shape index (κ2) is 3.12. The fraction of sp³-hybridized carbons (Fsp3) is 0.417. The van der Waals surface area contributed by atoms with Crippen LogP contribution < -0.4 is 4.74 Å². The molecule has 0 amide bonds. The van der Waals surface area contributed by atoms with Crippen LogP contribution in [0.3, 0.4) is 0 Å². The van der Waals surface area contributed by atoms with Gasteiger partial charge in [0.15, 0.2) is 5.78 Å². The highest BCUT2D eigenvalue weighted by Crippen LogP contribution is 2.34. The predicted molar refractivity (Wildman–Crippen MR) is 54.8 cm³/mol. The van der Waals surface area contributed by atoms with Crippen molar-refractivity contribution in [3.63, 3.8) is 0 Å². The van der Waals surface area contributed by atoms with Gasteiger partial charge < -0.3 is 4.74 Å². The third-order valence-corrected chi connectivity index (χ3v) is 2.78. The van der Waals surface area contributed by atoms with Gasteiger partial charge in [0.1, 0.15) is 12.4 Å². The van der Waals surface area contributed by atoms with Crippen LogP contribution in [0.5, 0.6) is 5.75 Å². The molecule has 1 aromatic rings. The first-order valence-corrected chi connectivity index (χ1v) is 4.86. The van der Waals surface area contributed by atoms with Gasteiger partial charge in [-0.2, -0.15) is 0 Å². The fourth-order valence-electron chi connectivity index (χ4n) is 2.05. The van der Waals surface area contributed by atoms with E-state index >= 15 is 0 Å². The van der Waals surface area contributed by atoms with Crippen molar-refractivity contribution in [3.05, 3.63) is 28.8 Å². The molecule has 1 aliphatic rings. The number of carbonyl (C=O) groups excluding carboxylic acids is 1. The van der Waals surface area contributed by atoms with Crippen molar-refractivity contribution < 1.29 is 9.53 Å². The van der Waals surface area contributed by atoms with E-state index in [4.69, 9.17) is 4.74 Å². The Balaban J connectivity index is 2.60. The van der Waals surface area contributed by atoms with Crippen molar-refractivity contribution in [1.29, 1.82) is 0 Å². The average molecular weight is 190 g/mol. The summed E-state index contributed by atoms with van der Waals surface area (Å²) in [5.74, 6) is 1.04. The molecule has 0 bridgehead atoms. The summed E-state index contributed by atoms with van der Waals surface area (Å²) in [6.45, 7) is 6.24. The molecule has 0 spiro atoms. The SMILES string of the molecule is Cc1cc(C)c2c(c1)OCC(=O)C2C. The normalized spacial score (nSPS) is 20.2. The molecule has 1 atom stereocenters. The number of ether oxygens (including phenoxy) is 1. The number of aryl methyl sites for hydroxylation is 2. The van der Waals surface area contributed by atoms with Crippen LogP contribution in [0, 0.1) is 13.8 Å². The maximum absolute atomic E-state index is 11.5. The summed E-state index contributed by atoms with van der Waals surface area (Å²) < 4.78 is 5.42. The van der Waals surface area contributed by atoms with Crippen LogP contribution in [0.1, 0.15) is 29.5 Å². The summed E-state index contributed by atoms with van der Waals surface area (Å²) in [6, 6.07) is 4.10. The standard InChI is InChI=1S/C12H14O2/c1-7-4-8(2)12-9(3)10(13)6-14-11(12)5-7/h4-5,9H,6H2,1-3H3. The monoisotopic (exact) mass is 190 g/mol. The van der Waals surface area contributed by atoms with Crippen molar-refractivity contribution in [1.82, 2.24) is 0 Å². The van der Waals surface area contributed by atoms with Crippen molar-refractivity contribution in [3.8, 4) is 5.75 Å². The molecule has 0 aliphatic carbocycles. The van der Waals surface area contributed by atoms with Gasteiger partial charge in [-0.3, -0.25) is 4.79 Å². The van der Waals surface area contributed by atoms with E-state index in [0.29, 0.717) is 0 Å². The van der Waals surface area contributed by atoms with Crippen LogP contribution in [0.15, 0.2) is 12.1 Å². The van der Waals surface area contributed by atoms with Crippen LogP contribution in [0.4, 0.5) is 0 Å². The molecule has 2 nitrogen and oxygen atoms in total. The zero-order valence-electron chi connectivity index (χ0n) is 8.76. The molecular formula is C12H14O2. The largest absolute Gasteiger partial charge is 0.485 e. The summed E-state index contributed by atoms with van der Waals surface area (Å²) in [6.07, 6.45) is 0. The summed E-state index contributed by atoms with van der Waals surface area (Å²) >= 11 is 0. The molecule has 74 valence electrons. The van der Waals surface area contributed by atoms with Gasteiger partial charge in [-0.1, -0.05) is 13.0 Å². The van der Waals surface area contributed by atoms with Crippen LogP contribution >= 0.6 is 0 Å². The Bertz CT molecular complexity index is 394. The van der Waals surface area contributed by atoms with Crippen LogP contribution in [-0.2, 0) is 4.79 Å². The lowest BCUT2D eigenvalue weighted by molar-refractivity contribution is -0.123. The lowest BCUT2D eigenvalue weighted by atomic mass is 9.89. The molecule has 1 aliphatic heterocycles. The van der Waals surface area contributed by atoms with E-state index in [1.165, 1.54) is 5.56 Å². The molecule has 0 saturated heterocycles. The van der Waals surface area contributed by atoms with Gasteiger partial charge >= 0.3 is 0 Å². The van der Waals surface area contributed by atoms with Gasteiger partial charge in [-0.05, 0) is 31.0 Å². The molecule has 1 aromatic carbocycles. The number of Topliss-reactive ketones (excluding diaryl/α,β-unsaturated/α-hetero) is 1. The van der Waals surface area contributed by atoms with Gasteiger partial charge in [-0.25, -0.2) is 0 Å². The number of carbonyl (C=O) groups is 1. The lowest BCUT2D eigenvalue weighted by Crippen LogP contribution is -2.24. The van der Waals surface area contributed by atoms with E-state index in [9.17, 15) is 4.79 Å². The number of rotatable bonds is 0. The Morgan fingerprint density at radius 3 is 2.79 bits per heavy atom. The number of hydrogen-bond acceptors (Lipinski definition) is 2. The number of benzene rings is 1. The maximum Gasteiger partial charge on any atom is 0.177 e. The third kappa shape index (κ3) is 1.31. The van der Waals surface area contributed by atoms with Gasteiger partial charge in [-0.15, -0.1) is 0 Å². The molecule has 2 rings (SSSR count). The predicted octanol–water partition coefficient (Wildman–Crippen LogP) is 2.37. The van der Waals surface area contributed by atoms with E-state index in [0.717, 1.165) is 16.9 Å². The lowest BCUT2D eigenvalue weighted by Gasteiger charge is -2.24. The molecule has 0 radical (unpaired) electrons. The topological polar surface area (TPSA) is 26.3 Å². The van der Waals surface area contributed by atoms with Gasteiger partial charge in [0.2, 0.25) is 0 Å². The highest BCUT2D eigenvalue weighted by molar-refractivity contribution is 5.89. The molecule has 1 heterocycles. The minimum absolute atomic E-state index is 0.0145. The minimum Gasteiger partial charge on any atom is -0.485 e. The van der Waals surface area contributed by atoms with Crippen LogP contribution in [0.2, 0.25) is 0 Å². The van der Waals surface area contributed by atoms with Gasteiger partial charge in [0.25, 0.3) is 0 Å². The maximum atomic E-state index is 11.5. The first-order chi connectivity index (χ1) is 6.59. The smallest absolute Gasteiger partial charge is 0.177 e. The first kappa shape index (κ1) is 9.25. The Morgan fingerprint density at radius 1 is 1.36 bits per heavy atom. The Kier molecular flexibility index (Phi) is 2.06. The van der Waals surface area contributed by atoms with E-state index in [1.54, 1.807) is 0 Å². The second-order valence-electron chi connectivity index (χ2n) is 3.97. The van der Waals surface area contributed by atoms with Gasteiger partial charge in [0, 0.05) is 11.5 Å². The zero-order chi connectivity index (χ0) is 10.3. The summed E-state index contributed by atoms with van der Waals surface area (Å²) in [5, 5.41) is 0. The van der Waals surface area contributed by atoms with E-state index < -0.39 is 0 Å². The zero-order valence-corrected chi connectivity index (χ0v) is 8.76. The molecule has 0 saturated carbocycles. The van der Waals surface area contributed by atoms with Crippen LogP contribution in [0.25, 0.3) is 0 Å². The summed E-state index contributed by atoms with van der Waals surface area (Å²) in [4.78, 5) is 11.5. The summed E-state index contributed by atoms with van der Waals surface area (Å²) in [5.41, 5.74) is 3.40. The number of hydrogen-bond donors (Lipinski definition) is 0. The molecule has 1 unspecified atom stereocenters. The second-order valence-corrected chi connectivity index (χ2v) is 3.97. The quantitative estimate of drug-likeness (QED) is 0.627. The fourth-order valence-corrected chi connectivity index (χ4v) is 2.05. The highest BCUT2D eigenvalue weighted by Gasteiger charge is 2.26. The highest BCUT2D eigenvalue weighted by atomic mass is 16.5. The molecule has 14 heavy (non-hydrogen) atoms. The Hall–Kier alpha value is -1.31. The van der Waals surface area contributed by atoms with E-state index in [-0.39, 0.29) is 18.3 Å². The molecule has 2 heteroatoms. The average Bonchev–Trinajstić information content (AvgIpc) is 2.10. The van der Waals surface area contributed by atoms with Crippen molar-refractivity contribution in [2.75, 3.05) is 6.61 Å². The minimum atomic E-state index is -0.0145.